The minimum Gasteiger partial charge on any atom is -0.497 e. The van der Waals surface area contributed by atoms with Gasteiger partial charge >= 0.3 is 0 Å². The number of methoxy groups -OCH3 is 2. The van der Waals surface area contributed by atoms with Crippen molar-refractivity contribution in [1.82, 2.24) is 0 Å². The van der Waals surface area contributed by atoms with Crippen molar-refractivity contribution in [1.29, 1.82) is 0 Å². The maximum Gasteiger partial charge on any atom is 0.200 e. The first-order valence-corrected chi connectivity index (χ1v) is 9.07. The average molecular weight is 376 g/mol. The van der Waals surface area contributed by atoms with E-state index in [-0.39, 0.29) is 17.5 Å². The summed E-state index contributed by atoms with van der Waals surface area (Å²) in [6.07, 6.45) is 7.03. The summed E-state index contributed by atoms with van der Waals surface area (Å²) in [6, 6.07) is 7.86. The third kappa shape index (κ3) is 4.29. The molecule has 2 aromatic carbocycles. The van der Waals surface area contributed by atoms with E-state index >= 15 is 0 Å². The molecule has 5 heteroatoms. The van der Waals surface area contributed by atoms with Gasteiger partial charge in [-0.2, -0.15) is 4.39 Å². The van der Waals surface area contributed by atoms with E-state index in [2.05, 4.69) is 0 Å². The van der Waals surface area contributed by atoms with Crippen LogP contribution in [0.25, 0.3) is 6.08 Å². The number of ether oxygens (including phenoxy) is 2. The molecular formula is C22H23F3O2. The number of halogens is 3. The van der Waals surface area contributed by atoms with Crippen LogP contribution < -0.4 is 9.47 Å². The summed E-state index contributed by atoms with van der Waals surface area (Å²) in [5, 5.41) is 0. The van der Waals surface area contributed by atoms with Gasteiger partial charge in [-0.25, -0.2) is 8.78 Å². The van der Waals surface area contributed by atoms with Crippen molar-refractivity contribution < 1.29 is 22.6 Å². The van der Waals surface area contributed by atoms with E-state index in [9.17, 15) is 13.2 Å². The van der Waals surface area contributed by atoms with E-state index in [4.69, 9.17) is 9.47 Å². The lowest BCUT2D eigenvalue weighted by molar-refractivity contribution is 0.350. The molecule has 0 N–H and O–H groups in total. The summed E-state index contributed by atoms with van der Waals surface area (Å²) >= 11 is 0. The summed E-state index contributed by atoms with van der Waals surface area (Å²) in [5.41, 5.74) is 0.929. The molecule has 0 spiro atoms. The maximum atomic E-state index is 14.3. The molecule has 2 nitrogen and oxygen atoms in total. The van der Waals surface area contributed by atoms with Crippen LogP contribution >= 0.6 is 0 Å². The Morgan fingerprint density at radius 2 is 1.63 bits per heavy atom. The van der Waals surface area contributed by atoms with Crippen molar-refractivity contribution in [2.75, 3.05) is 14.2 Å². The standard InChI is InChI=1S/C22H23F3O2/c1-26-17-10-9-16(19(23)13-17)8-5-14-3-6-15(7-4-14)18-11-12-20(27-2)22(25)21(18)24/h5,8-15H,3-4,6-7H2,1-2H3/b8-5+. The molecule has 1 fully saturated rings. The molecule has 3 rings (SSSR count). The van der Waals surface area contributed by atoms with Gasteiger partial charge in [-0.05, 0) is 61.3 Å². The Bertz CT molecular complexity index is 825. The van der Waals surface area contributed by atoms with Crippen molar-refractivity contribution in [2.24, 2.45) is 5.92 Å². The fourth-order valence-corrected chi connectivity index (χ4v) is 3.65. The molecule has 27 heavy (non-hydrogen) atoms. The van der Waals surface area contributed by atoms with Gasteiger partial charge in [0.05, 0.1) is 14.2 Å². The molecule has 0 radical (unpaired) electrons. The molecule has 1 saturated carbocycles. The van der Waals surface area contributed by atoms with E-state index in [1.807, 2.05) is 6.08 Å². The third-order valence-corrected chi connectivity index (χ3v) is 5.26. The summed E-state index contributed by atoms with van der Waals surface area (Å²) < 4.78 is 52.0. The lowest BCUT2D eigenvalue weighted by atomic mass is 9.78. The lowest BCUT2D eigenvalue weighted by Crippen LogP contribution is -2.13. The zero-order valence-corrected chi connectivity index (χ0v) is 15.5. The van der Waals surface area contributed by atoms with Gasteiger partial charge < -0.3 is 9.47 Å². The summed E-state index contributed by atoms with van der Waals surface area (Å²) in [5.74, 6) is -1.36. The summed E-state index contributed by atoms with van der Waals surface area (Å²) in [6.45, 7) is 0. The average Bonchev–Trinajstić information content (AvgIpc) is 2.69. The highest BCUT2D eigenvalue weighted by molar-refractivity contribution is 5.52. The summed E-state index contributed by atoms with van der Waals surface area (Å²) in [7, 11) is 2.82. The highest BCUT2D eigenvalue weighted by atomic mass is 19.2. The van der Waals surface area contributed by atoms with Gasteiger partial charge in [-0.15, -0.1) is 0 Å². The SMILES string of the molecule is COc1ccc(/C=C/C2CCC(c3ccc(OC)c(F)c3F)CC2)c(F)c1. The second-order valence-electron chi connectivity index (χ2n) is 6.84. The molecule has 144 valence electrons. The zero-order valence-electron chi connectivity index (χ0n) is 15.5. The first-order valence-electron chi connectivity index (χ1n) is 9.07. The largest absolute Gasteiger partial charge is 0.497 e. The Morgan fingerprint density at radius 1 is 0.889 bits per heavy atom. The van der Waals surface area contributed by atoms with Gasteiger partial charge in [0.1, 0.15) is 11.6 Å². The van der Waals surface area contributed by atoms with Gasteiger partial charge in [-0.1, -0.05) is 18.2 Å². The van der Waals surface area contributed by atoms with Crippen molar-refractivity contribution in [3.05, 3.63) is 65.0 Å². The molecule has 0 heterocycles. The quantitative estimate of drug-likeness (QED) is 0.627. The predicted octanol–water partition coefficient (Wildman–Crippen LogP) is 6.11. The molecule has 0 bridgehead atoms. The fraction of sp³-hybridized carbons (Fsp3) is 0.364. The van der Waals surface area contributed by atoms with E-state index < -0.39 is 11.6 Å². The van der Waals surface area contributed by atoms with Crippen LogP contribution in [0.3, 0.4) is 0 Å². The Balaban J connectivity index is 1.63. The number of hydrogen-bond acceptors (Lipinski definition) is 2. The predicted molar refractivity (Wildman–Crippen MR) is 99.6 cm³/mol. The number of benzene rings is 2. The molecule has 0 atom stereocenters. The molecule has 2 aromatic rings. The molecule has 0 aromatic heterocycles. The minimum atomic E-state index is -0.924. The van der Waals surface area contributed by atoms with Crippen molar-refractivity contribution in [2.45, 2.75) is 31.6 Å². The van der Waals surface area contributed by atoms with E-state index in [1.165, 1.54) is 26.4 Å². The normalized spacial score (nSPS) is 20.0. The topological polar surface area (TPSA) is 18.5 Å². The van der Waals surface area contributed by atoms with Gasteiger partial charge in [0.25, 0.3) is 0 Å². The van der Waals surface area contributed by atoms with Crippen LogP contribution in [0.2, 0.25) is 0 Å². The lowest BCUT2D eigenvalue weighted by Gasteiger charge is -2.27. The highest BCUT2D eigenvalue weighted by Crippen LogP contribution is 2.39. The van der Waals surface area contributed by atoms with Crippen LogP contribution in [0, 0.1) is 23.4 Å². The van der Waals surface area contributed by atoms with Crippen LogP contribution in [-0.2, 0) is 0 Å². The second kappa shape index (κ2) is 8.51. The van der Waals surface area contributed by atoms with E-state index in [0.717, 1.165) is 25.7 Å². The number of hydrogen-bond donors (Lipinski definition) is 0. The number of allylic oxidation sites excluding steroid dienone is 1. The molecule has 0 aliphatic heterocycles. The van der Waals surface area contributed by atoms with E-state index in [1.54, 1.807) is 24.3 Å². The second-order valence-corrected chi connectivity index (χ2v) is 6.84. The minimum absolute atomic E-state index is 0.00669. The Hall–Kier alpha value is -2.43. The van der Waals surface area contributed by atoms with Crippen molar-refractivity contribution in [3.8, 4) is 11.5 Å². The molecule has 0 amide bonds. The van der Waals surface area contributed by atoms with Crippen LogP contribution in [0.5, 0.6) is 11.5 Å². The fourth-order valence-electron chi connectivity index (χ4n) is 3.65. The van der Waals surface area contributed by atoms with Gasteiger partial charge in [-0.3, -0.25) is 0 Å². The molecule has 1 aliphatic carbocycles. The molecular weight excluding hydrogens is 353 g/mol. The first kappa shape index (κ1) is 19.3. The van der Waals surface area contributed by atoms with Crippen molar-refractivity contribution in [3.63, 3.8) is 0 Å². The molecule has 1 aliphatic rings. The Labute approximate surface area is 157 Å². The highest BCUT2D eigenvalue weighted by Gasteiger charge is 2.25. The number of rotatable bonds is 5. The van der Waals surface area contributed by atoms with Crippen LogP contribution in [0.15, 0.2) is 36.4 Å². The zero-order chi connectivity index (χ0) is 19.4. The van der Waals surface area contributed by atoms with Gasteiger partial charge in [0.15, 0.2) is 11.6 Å². The monoisotopic (exact) mass is 376 g/mol. The first-order chi connectivity index (χ1) is 13.0. The third-order valence-electron chi connectivity index (χ3n) is 5.26. The smallest absolute Gasteiger partial charge is 0.200 e. The van der Waals surface area contributed by atoms with Crippen LogP contribution in [0.1, 0.15) is 42.7 Å². The summed E-state index contributed by atoms with van der Waals surface area (Å²) in [4.78, 5) is 0. The molecule has 0 saturated heterocycles. The maximum absolute atomic E-state index is 14.3. The van der Waals surface area contributed by atoms with Crippen LogP contribution in [-0.4, -0.2) is 14.2 Å². The van der Waals surface area contributed by atoms with Crippen molar-refractivity contribution >= 4 is 6.08 Å². The molecule has 0 unspecified atom stereocenters. The van der Waals surface area contributed by atoms with E-state index in [0.29, 0.717) is 22.8 Å². The van der Waals surface area contributed by atoms with Gasteiger partial charge in [0.2, 0.25) is 5.82 Å². The van der Waals surface area contributed by atoms with Gasteiger partial charge in [0, 0.05) is 11.6 Å². The Morgan fingerprint density at radius 3 is 2.26 bits per heavy atom. The Kier molecular flexibility index (Phi) is 6.09. The van der Waals surface area contributed by atoms with Crippen LogP contribution in [0.4, 0.5) is 13.2 Å².